The molecule has 2 aromatic rings. The summed E-state index contributed by atoms with van der Waals surface area (Å²) >= 11 is 0. The minimum atomic E-state index is 0.276. The molecule has 7 nitrogen and oxygen atoms in total. The van der Waals surface area contributed by atoms with E-state index < -0.39 is 0 Å². The topological polar surface area (TPSA) is 71.0 Å². The van der Waals surface area contributed by atoms with Crippen LogP contribution < -0.4 is 25.0 Å². The highest BCUT2D eigenvalue weighted by molar-refractivity contribution is 5.79. The lowest BCUT2D eigenvalue weighted by Gasteiger charge is -2.20. The third-order valence-corrected chi connectivity index (χ3v) is 6.24. The summed E-state index contributed by atoms with van der Waals surface area (Å²) in [4.78, 5) is 11.3. The zero-order chi connectivity index (χ0) is 22.2. The molecule has 172 valence electrons. The lowest BCUT2D eigenvalue weighted by atomic mass is 10.1. The summed E-state index contributed by atoms with van der Waals surface area (Å²) in [5, 5.41) is 6.78. The zero-order valence-electron chi connectivity index (χ0n) is 19.3. The van der Waals surface area contributed by atoms with Crippen molar-refractivity contribution in [3.8, 4) is 11.5 Å². The maximum atomic E-state index is 6.34. The summed E-state index contributed by atoms with van der Waals surface area (Å²) in [6.07, 6.45) is 9.43. The third-order valence-electron chi connectivity index (χ3n) is 6.24. The van der Waals surface area contributed by atoms with Gasteiger partial charge in [0.25, 0.3) is 0 Å². The second-order valence-electron chi connectivity index (χ2n) is 8.47. The van der Waals surface area contributed by atoms with Crippen LogP contribution in [-0.4, -0.2) is 44.3 Å². The van der Waals surface area contributed by atoms with E-state index in [9.17, 15) is 0 Å². The van der Waals surface area contributed by atoms with Gasteiger partial charge in [-0.1, -0.05) is 18.2 Å². The summed E-state index contributed by atoms with van der Waals surface area (Å²) in [6, 6.07) is 10.3. The number of benzene rings is 1. The van der Waals surface area contributed by atoms with E-state index in [1.807, 2.05) is 18.3 Å². The molecule has 0 spiro atoms. The van der Waals surface area contributed by atoms with Gasteiger partial charge in [0, 0.05) is 45.0 Å². The molecule has 4 rings (SSSR count). The Balaban J connectivity index is 1.33. The highest BCUT2D eigenvalue weighted by Gasteiger charge is 2.20. The predicted octanol–water partition coefficient (Wildman–Crippen LogP) is 3.88. The number of para-hydroxylation sites is 1. The van der Waals surface area contributed by atoms with Gasteiger partial charge in [0.05, 0.1) is 13.2 Å². The van der Waals surface area contributed by atoms with Crippen molar-refractivity contribution in [2.75, 3.05) is 32.1 Å². The number of ether oxygens (including phenoxy) is 2. The van der Waals surface area contributed by atoms with Crippen LogP contribution in [0, 0.1) is 0 Å². The van der Waals surface area contributed by atoms with Gasteiger partial charge < -0.3 is 25.0 Å². The normalized spacial score (nSPS) is 16.9. The number of methoxy groups -OCH3 is 1. The van der Waals surface area contributed by atoms with Crippen molar-refractivity contribution in [3.63, 3.8) is 0 Å². The van der Waals surface area contributed by atoms with Crippen LogP contribution in [0.5, 0.6) is 11.5 Å². The van der Waals surface area contributed by atoms with E-state index in [4.69, 9.17) is 9.47 Å². The van der Waals surface area contributed by atoms with Gasteiger partial charge in [-0.3, -0.25) is 4.99 Å². The second kappa shape index (κ2) is 11.1. The number of aromatic nitrogens is 1. The first-order chi connectivity index (χ1) is 15.8. The van der Waals surface area contributed by atoms with Gasteiger partial charge in [0.15, 0.2) is 17.5 Å². The Morgan fingerprint density at radius 2 is 1.84 bits per heavy atom. The molecule has 2 N–H and O–H groups in total. The van der Waals surface area contributed by atoms with Crippen LogP contribution in [-0.2, 0) is 13.1 Å². The molecule has 32 heavy (non-hydrogen) atoms. The molecule has 1 aromatic carbocycles. The number of anilines is 1. The number of nitrogens with zero attached hydrogens (tertiary/aromatic N) is 3. The number of hydrogen-bond donors (Lipinski definition) is 2. The van der Waals surface area contributed by atoms with Crippen molar-refractivity contribution in [1.29, 1.82) is 0 Å². The van der Waals surface area contributed by atoms with Crippen LogP contribution in [0.25, 0.3) is 0 Å². The van der Waals surface area contributed by atoms with Crippen LogP contribution in [0.4, 0.5) is 5.82 Å². The van der Waals surface area contributed by atoms with E-state index in [2.05, 4.69) is 43.7 Å². The van der Waals surface area contributed by atoms with Crippen molar-refractivity contribution in [1.82, 2.24) is 15.6 Å². The quantitative estimate of drug-likeness (QED) is 0.483. The first kappa shape index (κ1) is 22.2. The Morgan fingerprint density at radius 3 is 2.53 bits per heavy atom. The van der Waals surface area contributed by atoms with Gasteiger partial charge in [0.2, 0.25) is 0 Å². The largest absolute Gasteiger partial charge is 0.493 e. The fraction of sp³-hybridized carbons (Fsp3) is 0.520. The van der Waals surface area contributed by atoms with Crippen molar-refractivity contribution in [3.05, 3.63) is 47.7 Å². The number of guanidine groups is 1. The number of nitrogens with one attached hydrogen (secondary N) is 2. The molecule has 1 aromatic heterocycles. The highest BCUT2D eigenvalue weighted by atomic mass is 16.5. The van der Waals surface area contributed by atoms with Gasteiger partial charge in [-0.25, -0.2) is 4.98 Å². The van der Waals surface area contributed by atoms with Crippen LogP contribution in [0.3, 0.4) is 0 Å². The summed E-state index contributed by atoms with van der Waals surface area (Å²) in [6.45, 7) is 3.48. The van der Waals surface area contributed by atoms with Gasteiger partial charge in [-0.2, -0.15) is 0 Å². The third kappa shape index (κ3) is 5.64. The zero-order valence-corrected chi connectivity index (χ0v) is 19.3. The number of aliphatic imine (C=N–C) groups is 1. The number of rotatable bonds is 8. The Hall–Kier alpha value is -2.96. The fourth-order valence-corrected chi connectivity index (χ4v) is 4.41. The van der Waals surface area contributed by atoms with E-state index in [0.717, 1.165) is 60.3 Å². The molecule has 2 aliphatic rings. The maximum absolute atomic E-state index is 6.34. The molecule has 7 heteroatoms. The Kier molecular flexibility index (Phi) is 7.69. The van der Waals surface area contributed by atoms with Gasteiger partial charge >= 0.3 is 0 Å². The van der Waals surface area contributed by atoms with Crippen molar-refractivity contribution in [2.45, 2.75) is 57.7 Å². The molecule has 0 bridgehead atoms. The molecular formula is C25H35N5O2. The van der Waals surface area contributed by atoms with Crippen LogP contribution in [0.15, 0.2) is 41.5 Å². The van der Waals surface area contributed by atoms with E-state index >= 15 is 0 Å². The molecule has 2 heterocycles. The number of hydrogen-bond acceptors (Lipinski definition) is 5. The molecule has 0 radical (unpaired) electrons. The summed E-state index contributed by atoms with van der Waals surface area (Å²) in [5.41, 5.74) is 2.19. The van der Waals surface area contributed by atoms with E-state index in [0.29, 0.717) is 13.1 Å². The van der Waals surface area contributed by atoms with E-state index in [-0.39, 0.29) is 6.10 Å². The first-order valence-corrected chi connectivity index (χ1v) is 11.7. The molecular weight excluding hydrogens is 402 g/mol. The minimum absolute atomic E-state index is 0.276. The molecule has 0 atom stereocenters. The van der Waals surface area contributed by atoms with E-state index in [1.165, 1.54) is 25.7 Å². The summed E-state index contributed by atoms with van der Waals surface area (Å²) < 4.78 is 11.9. The Labute approximate surface area is 191 Å². The van der Waals surface area contributed by atoms with Crippen molar-refractivity contribution >= 4 is 11.8 Å². The van der Waals surface area contributed by atoms with Crippen LogP contribution >= 0.6 is 0 Å². The SMILES string of the molecule is CN=C(NCc1ccc(N2CCCC2)nc1)NCc1cccc(OC)c1OC1CCCC1. The highest BCUT2D eigenvalue weighted by Crippen LogP contribution is 2.34. The molecule has 1 saturated heterocycles. The molecule has 1 aliphatic heterocycles. The molecule has 0 unspecified atom stereocenters. The van der Waals surface area contributed by atoms with Crippen LogP contribution in [0.1, 0.15) is 49.7 Å². The van der Waals surface area contributed by atoms with E-state index in [1.54, 1.807) is 14.2 Å². The first-order valence-electron chi connectivity index (χ1n) is 11.7. The molecule has 1 aliphatic carbocycles. The monoisotopic (exact) mass is 437 g/mol. The van der Waals surface area contributed by atoms with Crippen LogP contribution in [0.2, 0.25) is 0 Å². The summed E-state index contributed by atoms with van der Waals surface area (Å²) in [7, 11) is 3.48. The summed E-state index contributed by atoms with van der Waals surface area (Å²) in [5.74, 6) is 3.43. The second-order valence-corrected chi connectivity index (χ2v) is 8.47. The molecule has 0 amide bonds. The lowest BCUT2D eigenvalue weighted by Crippen LogP contribution is -2.36. The molecule has 2 fully saturated rings. The molecule has 1 saturated carbocycles. The average molecular weight is 438 g/mol. The van der Waals surface area contributed by atoms with Gasteiger partial charge in [-0.15, -0.1) is 0 Å². The van der Waals surface area contributed by atoms with Gasteiger partial charge in [-0.05, 0) is 56.2 Å². The lowest BCUT2D eigenvalue weighted by molar-refractivity contribution is 0.198. The maximum Gasteiger partial charge on any atom is 0.191 e. The van der Waals surface area contributed by atoms with Gasteiger partial charge in [0.1, 0.15) is 5.82 Å². The minimum Gasteiger partial charge on any atom is -0.493 e. The smallest absolute Gasteiger partial charge is 0.191 e. The Morgan fingerprint density at radius 1 is 1.06 bits per heavy atom. The fourth-order valence-electron chi connectivity index (χ4n) is 4.41. The van der Waals surface area contributed by atoms with Crippen molar-refractivity contribution < 1.29 is 9.47 Å². The van der Waals surface area contributed by atoms with Crippen molar-refractivity contribution in [2.24, 2.45) is 4.99 Å². The Bertz CT molecular complexity index is 888. The predicted molar refractivity (Wildman–Crippen MR) is 129 cm³/mol. The standard InChI is InChI=1S/C25H35N5O2/c1-26-25(28-17-19-12-13-23(27-16-19)30-14-5-6-15-30)29-18-20-8-7-11-22(31-2)24(20)32-21-9-3-4-10-21/h7-8,11-13,16,21H,3-6,9-10,14-15,17-18H2,1-2H3,(H2,26,28,29). The average Bonchev–Trinajstić information content (AvgIpc) is 3.55. The number of pyridine rings is 1.